The van der Waals surface area contributed by atoms with Crippen LogP contribution in [0.4, 0.5) is 0 Å². The molecule has 122 valence electrons. The van der Waals surface area contributed by atoms with Crippen LogP contribution >= 0.6 is 11.8 Å². The van der Waals surface area contributed by atoms with E-state index < -0.39 is 0 Å². The van der Waals surface area contributed by atoms with E-state index in [9.17, 15) is 9.90 Å². The van der Waals surface area contributed by atoms with E-state index in [4.69, 9.17) is 9.47 Å². The van der Waals surface area contributed by atoms with Crippen molar-refractivity contribution in [3.63, 3.8) is 0 Å². The van der Waals surface area contributed by atoms with Crippen molar-refractivity contribution >= 4 is 11.8 Å². The van der Waals surface area contributed by atoms with Gasteiger partial charge in [-0.15, -0.1) is 11.8 Å². The maximum atomic E-state index is 12.1. The highest BCUT2D eigenvalue weighted by atomic mass is 32.2. The number of pyridine rings is 1. The number of benzene rings is 1. The van der Waals surface area contributed by atoms with Gasteiger partial charge in [-0.1, -0.05) is 30.3 Å². The van der Waals surface area contributed by atoms with Gasteiger partial charge in [0, 0.05) is 18.0 Å². The zero-order valence-corrected chi connectivity index (χ0v) is 13.7. The molecule has 1 aliphatic heterocycles. The second-order valence-electron chi connectivity index (χ2n) is 5.31. The Morgan fingerprint density at radius 3 is 2.83 bits per heavy atom. The molecule has 23 heavy (non-hydrogen) atoms. The zero-order chi connectivity index (χ0) is 16.2. The lowest BCUT2D eigenvalue weighted by Gasteiger charge is -2.20. The summed E-state index contributed by atoms with van der Waals surface area (Å²) in [6, 6.07) is 11.2. The number of aromatic nitrogens is 1. The predicted molar refractivity (Wildman–Crippen MR) is 89.7 cm³/mol. The fourth-order valence-corrected chi connectivity index (χ4v) is 3.46. The van der Waals surface area contributed by atoms with Crippen LogP contribution in [0.1, 0.15) is 17.5 Å². The summed E-state index contributed by atoms with van der Waals surface area (Å²) in [6.07, 6.45) is 1.52. The first kappa shape index (κ1) is 16.1. The molecule has 6 heteroatoms. The number of ether oxygens (including phenoxy) is 2. The molecule has 2 aromatic rings. The molecule has 5 nitrogen and oxygen atoms in total. The van der Waals surface area contributed by atoms with Gasteiger partial charge in [-0.25, -0.2) is 0 Å². The number of hydrogen-bond acceptors (Lipinski definition) is 5. The van der Waals surface area contributed by atoms with Gasteiger partial charge in [0.1, 0.15) is 18.3 Å². The average Bonchev–Trinajstić information content (AvgIpc) is 3.04. The molecule has 0 radical (unpaired) electrons. The largest absolute Gasteiger partial charge is 0.483 e. The van der Waals surface area contributed by atoms with E-state index in [0.717, 1.165) is 17.0 Å². The summed E-state index contributed by atoms with van der Waals surface area (Å²) in [5, 5.41) is 9.18. The fourth-order valence-electron chi connectivity index (χ4n) is 2.53. The van der Waals surface area contributed by atoms with E-state index in [2.05, 4.69) is 0 Å². The smallest absolute Gasteiger partial charge is 0.223 e. The van der Waals surface area contributed by atoms with E-state index in [-0.39, 0.29) is 23.7 Å². The van der Waals surface area contributed by atoms with Crippen molar-refractivity contribution in [2.75, 3.05) is 12.4 Å². The number of rotatable bonds is 5. The molecule has 0 bridgehead atoms. The highest BCUT2D eigenvalue weighted by Gasteiger charge is 2.27. The second kappa shape index (κ2) is 7.21. The summed E-state index contributed by atoms with van der Waals surface area (Å²) >= 11 is 1.56. The first-order valence-electron chi connectivity index (χ1n) is 7.45. The van der Waals surface area contributed by atoms with Gasteiger partial charge in [0.25, 0.3) is 0 Å². The van der Waals surface area contributed by atoms with Gasteiger partial charge < -0.3 is 19.1 Å². The van der Waals surface area contributed by atoms with Crippen molar-refractivity contribution in [3.8, 4) is 5.75 Å². The number of thioether (sulfide) groups is 1. The summed E-state index contributed by atoms with van der Waals surface area (Å²) in [4.78, 5) is 12.1. The molecular formula is C17H19NO4S. The first-order chi connectivity index (χ1) is 11.2. The second-order valence-corrected chi connectivity index (χ2v) is 6.50. The first-order valence-corrected chi connectivity index (χ1v) is 8.50. The zero-order valence-electron chi connectivity index (χ0n) is 12.8. The van der Waals surface area contributed by atoms with Gasteiger partial charge in [0.05, 0.1) is 12.3 Å². The normalized spacial score (nSPS) is 20.6. The van der Waals surface area contributed by atoms with Crippen molar-refractivity contribution in [1.82, 2.24) is 4.57 Å². The Labute approximate surface area is 138 Å². The Bertz CT molecular complexity index is 716. The van der Waals surface area contributed by atoms with Crippen LogP contribution in [0.3, 0.4) is 0 Å². The van der Waals surface area contributed by atoms with Crippen molar-refractivity contribution in [2.24, 2.45) is 0 Å². The summed E-state index contributed by atoms with van der Waals surface area (Å²) < 4.78 is 13.4. The van der Waals surface area contributed by atoms with E-state index in [1.807, 2.05) is 41.8 Å². The third kappa shape index (κ3) is 3.60. The number of aliphatic hydroxyl groups excluding tert-OH is 1. The molecule has 1 aromatic carbocycles. The van der Waals surface area contributed by atoms with Crippen LogP contribution in [0.5, 0.6) is 5.75 Å². The van der Waals surface area contributed by atoms with Crippen LogP contribution in [0, 0.1) is 6.92 Å². The molecule has 2 atom stereocenters. The quantitative estimate of drug-likeness (QED) is 0.910. The van der Waals surface area contributed by atoms with E-state index in [1.165, 1.54) is 6.07 Å². The number of aliphatic hydroxyl groups is 1. The molecule has 0 amide bonds. The van der Waals surface area contributed by atoms with Crippen molar-refractivity contribution < 1.29 is 14.6 Å². The Morgan fingerprint density at radius 2 is 2.13 bits per heavy atom. The Kier molecular flexibility index (Phi) is 5.05. The molecule has 2 heterocycles. The average molecular weight is 333 g/mol. The van der Waals surface area contributed by atoms with Gasteiger partial charge in [-0.05, 0) is 12.5 Å². The molecule has 0 aliphatic carbocycles. The van der Waals surface area contributed by atoms with Crippen LogP contribution in [0.2, 0.25) is 0 Å². The molecule has 0 unspecified atom stereocenters. The van der Waals surface area contributed by atoms with Gasteiger partial charge in [-0.3, -0.25) is 4.79 Å². The number of hydrogen-bond donors (Lipinski definition) is 1. The minimum absolute atomic E-state index is 0.0161. The van der Waals surface area contributed by atoms with Crippen LogP contribution in [0.15, 0.2) is 47.4 Å². The fraction of sp³-hybridized carbons (Fsp3) is 0.353. The third-order valence-corrected chi connectivity index (χ3v) is 4.85. The maximum Gasteiger partial charge on any atom is 0.223 e. The summed E-state index contributed by atoms with van der Waals surface area (Å²) in [5.41, 5.74) is 1.39. The van der Waals surface area contributed by atoms with Crippen LogP contribution < -0.4 is 10.2 Å². The van der Waals surface area contributed by atoms with E-state index in [0.29, 0.717) is 12.4 Å². The van der Waals surface area contributed by atoms with Crippen molar-refractivity contribution in [2.45, 2.75) is 25.2 Å². The standard InChI is InChI=1S/C17H19NO4S/c1-12-17(21-10-13-5-3-2-4-6-13)14(20)7-8-18(12)15-11-23-16(9-19)22-15/h2-8,15-16,19H,9-11H2,1H3/t15-,16-/m0/s1. The van der Waals surface area contributed by atoms with Crippen molar-refractivity contribution in [1.29, 1.82) is 0 Å². The monoisotopic (exact) mass is 333 g/mol. The predicted octanol–water partition coefficient (Wildman–Crippen LogP) is 2.32. The summed E-state index contributed by atoms with van der Waals surface area (Å²) in [5.74, 6) is 1.07. The topological polar surface area (TPSA) is 60.7 Å². The van der Waals surface area contributed by atoms with Gasteiger partial charge in [-0.2, -0.15) is 0 Å². The molecule has 1 saturated heterocycles. The van der Waals surface area contributed by atoms with Gasteiger partial charge >= 0.3 is 0 Å². The Balaban J connectivity index is 1.80. The lowest BCUT2D eigenvalue weighted by atomic mass is 10.2. The highest BCUT2D eigenvalue weighted by molar-refractivity contribution is 8.00. The Morgan fingerprint density at radius 1 is 1.35 bits per heavy atom. The molecule has 1 aliphatic rings. The van der Waals surface area contributed by atoms with E-state index >= 15 is 0 Å². The lowest BCUT2D eigenvalue weighted by Crippen LogP contribution is -2.20. The summed E-state index contributed by atoms with van der Waals surface area (Å²) in [6.45, 7) is 2.18. The minimum atomic E-state index is -0.215. The molecule has 0 spiro atoms. The van der Waals surface area contributed by atoms with Crippen LogP contribution in [-0.4, -0.2) is 27.5 Å². The minimum Gasteiger partial charge on any atom is -0.483 e. The molecule has 1 N–H and O–H groups in total. The Hall–Kier alpha value is -1.76. The highest BCUT2D eigenvalue weighted by Crippen LogP contribution is 2.32. The van der Waals surface area contributed by atoms with Gasteiger partial charge in [0.2, 0.25) is 5.43 Å². The molecule has 1 fully saturated rings. The number of nitrogens with zero attached hydrogens (tertiary/aromatic N) is 1. The van der Waals surface area contributed by atoms with Crippen LogP contribution in [-0.2, 0) is 11.3 Å². The third-order valence-electron chi connectivity index (χ3n) is 3.75. The molecule has 1 aromatic heterocycles. The van der Waals surface area contributed by atoms with E-state index in [1.54, 1.807) is 18.0 Å². The summed E-state index contributed by atoms with van der Waals surface area (Å²) in [7, 11) is 0. The van der Waals surface area contributed by atoms with Gasteiger partial charge in [0.15, 0.2) is 5.75 Å². The molecule has 3 rings (SSSR count). The molecule has 0 saturated carbocycles. The SMILES string of the molecule is Cc1c(OCc2ccccc2)c(=O)ccn1[C@@H]1CS[C@@H](CO)O1. The maximum absolute atomic E-state index is 12.1. The van der Waals surface area contributed by atoms with Crippen molar-refractivity contribution in [3.05, 3.63) is 64.1 Å². The lowest BCUT2D eigenvalue weighted by molar-refractivity contribution is -0.00550. The molecular weight excluding hydrogens is 314 g/mol. The van der Waals surface area contributed by atoms with Crippen LogP contribution in [0.25, 0.3) is 0 Å².